The molecule has 2 heterocycles. The second kappa shape index (κ2) is 8.63. The maximum Gasteiger partial charge on any atom is 0.259 e. The van der Waals surface area contributed by atoms with Gasteiger partial charge in [0, 0.05) is 50.7 Å². The topological polar surface area (TPSA) is 52.6 Å². The van der Waals surface area contributed by atoms with E-state index in [2.05, 4.69) is 23.0 Å². The van der Waals surface area contributed by atoms with Crippen LogP contribution in [0, 0.1) is 6.92 Å². The summed E-state index contributed by atoms with van der Waals surface area (Å²) in [4.78, 5) is 28.9. The molecule has 0 spiro atoms. The van der Waals surface area contributed by atoms with Gasteiger partial charge in [0.2, 0.25) is 0 Å². The Balaban J connectivity index is 1.76. The fraction of sp³-hybridized carbons (Fsp3) is 0.292. The molecule has 1 fully saturated rings. The molecule has 0 aliphatic carbocycles. The molecule has 6 heteroatoms. The predicted molar refractivity (Wildman–Crippen MR) is 120 cm³/mol. The van der Waals surface area contributed by atoms with E-state index < -0.39 is 0 Å². The number of piperazine rings is 1. The van der Waals surface area contributed by atoms with Gasteiger partial charge in [-0.05, 0) is 32.2 Å². The van der Waals surface area contributed by atoms with E-state index in [-0.39, 0.29) is 5.91 Å². The number of benzene rings is 2. The Morgan fingerprint density at radius 3 is 2.43 bits per heavy atom. The highest BCUT2D eigenvalue weighted by Gasteiger charge is 2.26. The molecule has 0 saturated carbocycles. The fourth-order valence-corrected chi connectivity index (χ4v) is 3.66. The van der Waals surface area contributed by atoms with Crippen molar-refractivity contribution in [1.29, 1.82) is 0 Å². The highest BCUT2D eigenvalue weighted by Crippen LogP contribution is 2.28. The number of nitrogens with zero attached hydrogens (tertiary/aromatic N) is 5. The zero-order valence-corrected chi connectivity index (χ0v) is 17.7. The number of aryl methyl sites for hydroxylation is 1. The minimum absolute atomic E-state index is 0.0170. The van der Waals surface area contributed by atoms with Crippen molar-refractivity contribution in [2.24, 2.45) is 0 Å². The number of hydrogen-bond acceptors (Lipinski definition) is 5. The molecule has 1 amide bonds. The smallest absolute Gasteiger partial charge is 0.259 e. The van der Waals surface area contributed by atoms with Crippen LogP contribution < -0.4 is 4.90 Å². The zero-order valence-electron chi connectivity index (χ0n) is 17.7. The van der Waals surface area contributed by atoms with Crippen LogP contribution in [0.1, 0.15) is 15.9 Å². The van der Waals surface area contributed by atoms with Crippen LogP contribution in [0.25, 0.3) is 11.4 Å². The van der Waals surface area contributed by atoms with E-state index in [9.17, 15) is 4.79 Å². The monoisotopic (exact) mass is 401 g/mol. The van der Waals surface area contributed by atoms with Crippen molar-refractivity contribution in [3.05, 3.63) is 71.9 Å². The van der Waals surface area contributed by atoms with Gasteiger partial charge in [-0.3, -0.25) is 4.79 Å². The summed E-state index contributed by atoms with van der Waals surface area (Å²) in [6.07, 6.45) is 1.68. The molecule has 154 valence electrons. The van der Waals surface area contributed by atoms with E-state index in [4.69, 9.17) is 4.98 Å². The lowest BCUT2D eigenvalue weighted by Crippen LogP contribution is -2.47. The van der Waals surface area contributed by atoms with Crippen LogP contribution in [0.3, 0.4) is 0 Å². The number of rotatable bonds is 4. The predicted octanol–water partition coefficient (Wildman–Crippen LogP) is 3.61. The summed E-state index contributed by atoms with van der Waals surface area (Å²) in [5.74, 6) is 1.22. The lowest BCUT2D eigenvalue weighted by molar-refractivity contribution is 0.0664. The van der Waals surface area contributed by atoms with E-state index in [1.165, 1.54) is 0 Å². The van der Waals surface area contributed by atoms with Gasteiger partial charge in [0.05, 0.1) is 0 Å². The highest BCUT2D eigenvalue weighted by atomic mass is 16.2. The first-order valence-corrected chi connectivity index (χ1v) is 10.2. The fourth-order valence-electron chi connectivity index (χ4n) is 3.66. The molecule has 1 aromatic heterocycles. The number of carbonyl (C=O) groups is 1. The van der Waals surface area contributed by atoms with Gasteiger partial charge in [-0.2, -0.15) is 0 Å². The van der Waals surface area contributed by atoms with Crippen LogP contribution in [0.2, 0.25) is 0 Å². The number of amides is 1. The molecule has 4 rings (SSSR count). The molecule has 0 unspecified atom stereocenters. The van der Waals surface area contributed by atoms with Gasteiger partial charge in [-0.1, -0.05) is 42.0 Å². The van der Waals surface area contributed by atoms with Crippen LogP contribution >= 0.6 is 0 Å². The van der Waals surface area contributed by atoms with Crippen LogP contribution in [0.15, 0.2) is 60.8 Å². The molecule has 3 aromatic rings. The molecule has 0 radical (unpaired) electrons. The summed E-state index contributed by atoms with van der Waals surface area (Å²) in [5, 5.41) is 0. The number of carbonyl (C=O) groups excluding carboxylic acids is 1. The van der Waals surface area contributed by atoms with E-state index in [0.717, 1.165) is 29.9 Å². The molecular formula is C24H27N5O. The SMILES string of the molecule is Cc1cccc(-c2ncc(C(=O)N3CCN(C)CC3)c(N(C)c3ccccc3)n2)c1. The van der Waals surface area contributed by atoms with E-state index in [1.807, 2.05) is 72.3 Å². The van der Waals surface area contributed by atoms with Gasteiger partial charge in [0.1, 0.15) is 11.4 Å². The third kappa shape index (κ3) is 4.19. The first kappa shape index (κ1) is 20.0. The largest absolute Gasteiger partial charge is 0.336 e. The quantitative estimate of drug-likeness (QED) is 0.669. The lowest BCUT2D eigenvalue weighted by Gasteiger charge is -2.33. The van der Waals surface area contributed by atoms with Crippen molar-refractivity contribution in [2.75, 3.05) is 45.2 Å². The Morgan fingerprint density at radius 2 is 1.73 bits per heavy atom. The second-order valence-corrected chi connectivity index (χ2v) is 7.79. The first-order valence-electron chi connectivity index (χ1n) is 10.2. The maximum atomic E-state index is 13.4. The molecule has 30 heavy (non-hydrogen) atoms. The molecule has 1 aliphatic heterocycles. The van der Waals surface area contributed by atoms with Gasteiger partial charge in [-0.15, -0.1) is 0 Å². The van der Waals surface area contributed by atoms with E-state index in [0.29, 0.717) is 30.3 Å². The molecule has 0 atom stereocenters. The Kier molecular flexibility index (Phi) is 5.77. The summed E-state index contributed by atoms with van der Waals surface area (Å²) in [6, 6.07) is 18.1. The third-order valence-corrected chi connectivity index (χ3v) is 5.53. The molecule has 1 saturated heterocycles. The van der Waals surface area contributed by atoms with Gasteiger partial charge in [0.25, 0.3) is 5.91 Å². The normalized spacial score (nSPS) is 14.6. The van der Waals surface area contributed by atoms with Crippen LogP contribution in [-0.4, -0.2) is 65.9 Å². The summed E-state index contributed by atoms with van der Waals surface area (Å²) >= 11 is 0. The van der Waals surface area contributed by atoms with Crippen molar-refractivity contribution < 1.29 is 4.79 Å². The summed E-state index contributed by atoms with van der Waals surface area (Å²) in [5.41, 5.74) is 3.59. The Bertz CT molecular complexity index is 1030. The molecular weight excluding hydrogens is 374 g/mol. The summed E-state index contributed by atoms with van der Waals surface area (Å²) in [6.45, 7) is 5.22. The number of aromatic nitrogens is 2. The maximum absolute atomic E-state index is 13.4. The van der Waals surface area contributed by atoms with Crippen molar-refractivity contribution in [3.63, 3.8) is 0 Å². The minimum atomic E-state index is -0.0170. The Morgan fingerprint density at radius 1 is 1.00 bits per heavy atom. The second-order valence-electron chi connectivity index (χ2n) is 7.79. The number of hydrogen-bond donors (Lipinski definition) is 0. The molecule has 2 aromatic carbocycles. The average Bonchev–Trinajstić information content (AvgIpc) is 2.79. The minimum Gasteiger partial charge on any atom is -0.336 e. The summed E-state index contributed by atoms with van der Waals surface area (Å²) < 4.78 is 0. The van der Waals surface area contributed by atoms with Crippen LogP contribution in [0.5, 0.6) is 0 Å². The van der Waals surface area contributed by atoms with Crippen molar-refractivity contribution in [3.8, 4) is 11.4 Å². The van der Waals surface area contributed by atoms with Gasteiger partial charge in [-0.25, -0.2) is 9.97 Å². The number of likely N-dealkylation sites (N-methyl/N-ethyl adjacent to an activating group) is 1. The number of para-hydroxylation sites is 1. The van der Waals surface area contributed by atoms with Crippen LogP contribution in [0.4, 0.5) is 11.5 Å². The van der Waals surface area contributed by atoms with E-state index in [1.54, 1.807) is 6.20 Å². The Labute approximate surface area is 177 Å². The number of anilines is 2. The lowest BCUT2D eigenvalue weighted by atomic mass is 10.1. The standard InChI is InChI=1S/C24H27N5O/c1-18-8-7-9-19(16-18)22-25-17-21(24(30)29-14-12-27(2)13-15-29)23(26-22)28(3)20-10-5-4-6-11-20/h4-11,16-17H,12-15H2,1-3H3. The molecule has 6 nitrogen and oxygen atoms in total. The molecule has 1 aliphatic rings. The zero-order chi connectivity index (χ0) is 21.1. The van der Waals surface area contributed by atoms with Gasteiger partial charge in [0.15, 0.2) is 5.82 Å². The van der Waals surface area contributed by atoms with E-state index >= 15 is 0 Å². The van der Waals surface area contributed by atoms with Gasteiger partial charge >= 0.3 is 0 Å². The summed E-state index contributed by atoms with van der Waals surface area (Å²) in [7, 11) is 4.02. The van der Waals surface area contributed by atoms with Crippen LogP contribution in [-0.2, 0) is 0 Å². The molecule has 0 bridgehead atoms. The highest BCUT2D eigenvalue weighted by molar-refractivity contribution is 5.99. The van der Waals surface area contributed by atoms with Gasteiger partial charge < -0.3 is 14.7 Å². The van der Waals surface area contributed by atoms with Crippen molar-refractivity contribution >= 4 is 17.4 Å². The first-order chi connectivity index (χ1) is 14.5. The van der Waals surface area contributed by atoms with Crippen molar-refractivity contribution in [1.82, 2.24) is 19.8 Å². The third-order valence-electron chi connectivity index (χ3n) is 5.53. The Hall–Kier alpha value is -3.25. The van der Waals surface area contributed by atoms with Crippen molar-refractivity contribution in [2.45, 2.75) is 6.92 Å². The molecule has 0 N–H and O–H groups in total. The average molecular weight is 402 g/mol.